The number of nitrogens with one attached hydrogen (secondary N) is 1. The van der Waals surface area contributed by atoms with Gasteiger partial charge in [-0.2, -0.15) is 13.2 Å². The number of nitrogens with two attached hydrogens (primary N) is 1. The quantitative estimate of drug-likeness (QED) is 0.269. The molecule has 0 radical (unpaired) electrons. The second-order valence-corrected chi connectivity index (χ2v) is 4.14. The molecule has 0 aliphatic rings. The number of amidine groups is 1. The monoisotopic (exact) mass is 363 g/mol. The number of carboxylic acids is 1. The molecule has 134 valence electrons. The Labute approximate surface area is 134 Å². The van der Waals surface area contributed by atoms with Crippen molar-refractivity contribution in [1.82, 2.24) is 5.32 Å². The van der Waals surface area contributed by atoms with Gasteiger partial charge in [0, 0.05) is 13.5 Å². The van der Waals surface area contributed by atoms with E-state index in [0.29, 0.717) is 18.8 Å². The van der Waals surface area contributed by atoms with E-state index in [1.807, 2.05) is 0 Å². The van der Waals surface area contributed by atoms with Crippen molar-refractivity contribution in [3.8, 4) is 0 Å². The molecular formula is C11H17ClF3N3O5. The van der Waals surface area contributed by atoms with E-state index in [1.165, 1.54) is 14.0 Å². The van der Waals surface area contributed by atoms with Crippen LogP contribution in [0.3, 0.4) is 0 Å². The number of methoxy groups -OCH3 is 1. The fourth-order valence-corrected chi connectivity index (χ4v) is 1.10. The Bertz CT molecular complexity index is 443. The number of halogens is 4. The van der Waals surface area contributed by atoms with Crippen LogP contribution in [0.25, 0.3) is 0 Å². The predicted octanol–water partition coefficient (Wildman–Crippen LogP) is 0.283. The predicted molar refractivity (Wildman–Crippen MR) is 75.1 cm³/mol. The highest BCUT2D eigenvalue weighted by molar-refractivity contribution is 6.27. The van der Waals surface area contributed by atoms with Crippen molar-refractivity contribution in [2.75, 3.05) is 19.5 Å². The summed E-state index contributed by atoms with van der Waals surface area (Å²) in [6.07, 6.45) is -4.76. The van der Waals surface area contributed by atoms with Gasteiger partial charge in [0.1, 0.15) is 11.9 Å². The number of hydrogen-bond donors (Lipinski definition) is 3. The van der Waals surface area contributed by atoms with Gasteiger partial charge in [-0.3, -0.25) is 9.79 Å². The van der Waals surface area contributed by atoms with Gasteiger partial charge in [0.05, 0.1) is 13.0 Å². The molecule has 23 heavy (non-hydrogen) atoms. The molecule has 8 nitrogen and oxygen atoms in total. The molecular weight excluding hydrogens is 347 g/mol. The normalized spacial score (nSPS) is 12.5. The van der Waals surface area contributed by atoms with Gasteiger partial charge < -0.3 is 20.9 Å². The SMILES string of the molecule is COC(=O)[C@@H](CCN=C(N)CCl)NC(C)=O.O=C(O)C(F)(F)F. The lowest BCUT2D eigenvalue weighted by atomic mass is 10.2. The molecule has 0 aromatic heterocycles. The number of carbonyl (C=O) groups is 3. The summed E-state index contributed by atoms with van der Waals surface area (Å²) in [6, 6.07) is -0.700. The highest BCUT2D eigenvalue weighted by Crippen LogP contribution is 2.13. The number of alkyl halides is 4. The molecule has 0 rings (SSSR count). The summed E-state index contributed by atoms with van der Waals surface area (Å²) in [4.78, 5) is 34.9. The van der Waals surface area contributed by atoms with Gasteiger partial charge in [0.15, 0.2) is 0 Å². The zero-order valence-corrected chi connectivity index (χ0v) is 13.1. The number of hydrogen-bond acceptors (Lipinski definition) is 5. The molecule has 0 unspecified atom stereocenters. The van der Waals surface area contributed by atoms with Crippen molar-refractivity contribution in [2.24, 2.45) is 10.7 Å². The topological polar surface area (TPSA) is 131 Å². The first-order valence-corrected chi connectivity index (χ1v) is 6.48. The van der Waals surface area contributed by atoms with Gasteiger partial charge in [-0.15, -0.1) is 11.6 Å². The third-order valence-electron chi connectivity index (χ3n) is 1.98. The van der Waals surface area contributed by atoms with Gasteiger partial charge >= 0.3 is 18.1 Å². The number of carbonyl (C=O) groups excluding carboxylic acids is 2. The maximum atomic E-state index is 11.3. The smallest absolute Gasteiger partial charge is 0.475 e. The number of amides is 1. The Hall–Kier alpha value is -2.04. The number of esters is 1. The van der Waals surface area contributed by atoms with Crippen LogP contribution in [0.1, 0.15) is 13.3 Å². The molecule has 1 atom stereocenters. The molecule has 0 aliphatic heterocycles. The van der Waals surface area contributed by atoms with Crippen LogP contribution < -0.4 is 11.1 Å². The van der Waals surface area contributed by atoms with E-state index in [9.17, 15) is 22.8 Å². The fourth-order valence-electron chi connectivity index (χ4n) is 1.02. The Morgan fingerprint density at radius 3 is 2.17 bits per heavy atom. The summed E-state index contributed by atoms with van der Waals surface area (Å²) in [5.74, 6) is -3.12. The number of carboxylic acid groups (broad SMARTS) is 1. The highest BCUT2D eigenvalue weighted by Gasteiger charge is 2.38. The highest BCUT2D eigenvalue weighted by atomic mass is 35.5. The first-order valence-electron chi connectivity index (χ1n) is 5.95. The molecule has 4 N–H and O–H groups in total. The maximum absolute atomic E-state index is 11.3. The van der Waals surface area contributed by atoms with Gasteiger partial charge in [0.2, 0.25) is 5.91 Å². The van der Waals surface area contributed by atoms with Crippen LogP contribution in [-0.2, 0) is 19.1 Å². The lowest BCUT2D eigenvalue weighted by molar-refractivity contribution is -0.192. The van der Waals surface area contributed by atoms with Crippen molar-refractivity contribution in [3.63, 3.8) is 0 Å². The second kappa shape index (κ2) is 11.5. The maximum Gasteiger partial charge on any atom is 0.490 e. The van der Waals surface area contributed by atoms with E-state index in [2.05, 4.69) is 15.0 Å². The lowest BCUT2D eigenvalue weighted by Crippen LogP contribution is -2.41. The Balaban J connectivity index is 0. The van der Waals surface area contributed by atoms with Crippen molar-refractivity contribution >= 4 is 35.3 Å². The van der Waals surface area contributed by atoms with Crippen molar-refractivity contribution < 1.29 is 37.4 Å². The van der Waals surface area contributed by atoms with E-state index in [1.54, 1.807) is 0 Å². The molecule has 12 heteroatoms. The van der Waals surface area contributed by atoms with Gasteiger partial charge in [0.25, 0.3) is 0 Å². The molecule has 0 spiro atoms. The van der Waals surface area contributed by atoms with E-state index in [4.69, 9.17) is 27.2 Å². The van der Waals surface area contributed by atoms with E-state index in [-0.39, 0.29) is 11.8 Å². The Morgan fingerprint density at radius 1 is 1.39 bits per heavy atom. The van der Waals surface area contributed by atoms with E-state index in [0.717, 1.165) is 0 Å². The minimum Gasteiger partial charge on any atom is -0.475 e. The van der Waals surface area contributed by atoms with Gasteiger partial charge in [-0.1, -0.05) is 0 Å². The standard InChI is InChI=1S/C9H16ClN3O3.C2HF3O2/c1-6(14)13-7(9(15)16-2)3-4-12-8(11)5-10;3-2(4,5)1(6)7/h7H,3-5H2,1-2H3,(H2,11,12)(H,13,14);(H,6,7)/t7-;/m1./s1. The summed E-state index contributed by atoms with van der Waals surface area (Å²) in [5, 5.41) is 9.59. The minimum atomic E-state index is -5.08. The summed E-state index contributed by atoms with van der Waals surface area (Å²) >= 11 is 5.42. The van der Waals surface area contributed by atoms with Crippen LogP contribution >= 0.6 is 11.6 Å². The zero-order valence-electron chi connectivity index (χ0n) is 12.3. The second-order valence-electron chi connectivity index (χ2n) is 3.87. The number of aliphatic imine (C=N–C) groups is 1. The van der Waals surface area contributed by atoms with Crippen LogP contribution in [0, 0.1) is 0 Å². The van der Waals surface area contributed by atoms with Crippen LogP contribution in [0.5, 0.6) is 0 Å². The number of rotatable bonds is 6. The summed E-state index contributed by atoms with van der Waals surface area (Å²) in [7, 11) is 1.26. The summed E-state index contributed by atoms with van der Waals surface area (Å²) < 4.78 is 36.3. The third kappa shape index (κ3) is 13.4. The van der Waals surface area contributed by atoms with Crippen molar-refractivity contribution in [3.05, 3.63) is 0 Å². The molecule has 0 aromatic carbocycles. The van der Waals surface area contributed by atoms with Crippen molar-refractivity contribution in [1.29, 1.82) is 0 Å². The average Bonchev–Trinajstić information content (AvgIpc) is 2.44. The minimum absolute atomic E-state index is 0.142. The number of aliphatic carboxylic acids is 1. The van der Waals surface area contributed by atoms with E-state index < -0.39 is 24.2 Å². The van der Waals surface area contributed by atoms with E-state index >= 15 is 0 Å². The molecule has 0 saturated heterocycles. The zero-order chi connectivity index (χ0) is 18.6. The molecule has 0 saturated carbocycles. The molecule has 0 bridgehead atoms. The first kappa shape index (κ1) is 23.2. The fraction of sp³-hybridized carbons (Fsp3) is 0.636. The Kier molecular flexibility index (Phi) is 11.6. The largest absolute Gasteiger partial charge is 0.490 e. The summed E-state index contributed by atoms with van der Waals surface area (Å²) in [5.41, 5.74) is 5.38. The molecule has 0 heterocycles. The molecule has 0 aliphatic carbocycles. The first-order chi connectivity index (χ1) is 10.4. The van der Waals surface area contributed by atoms with Crippen LogP contribution in [0.2, 0.25) is 0 Å². The number of ether oxygens (including phenoxy) is 1. The van der Waals surface area contributed by atoms with Crippen LogP contribution in [0.15, 0.2) is 4.99 Å². The molecule has 0 aromatic rings. The van der Waals surface area contributed by atoms with Crippen molar-refractivity contribution in [2.45, 2.75) is 25.6 Å². The van der Waals surface area contributed by atoms with Gasteiger partial charge in [-0.25, -0.2) is 9.59 Å². The summed E-state index contributed by atoms with van der Waals surface area (Å²) in [6.45, 7) is 1.63. The van der Waals surface area contributed by atoms with Crippen LogP contribution in [-0.4, -0.2) is 60.5 Å². The van der Waals surface area contributed by atoms with Crippen LogP contribution in [0.4, 0.5) is 13.2 Å². The molecule has 1 amide bonds. The third-order valence-corrected chi connectivity index (χ3v) is 2.25. The Morgan fingerprint density at radius 2 is 1.87 bits per heavy atom. The molecule has 0 fully saturated rings. The average molecular weight is 364 g/mol. The van der Waals surface area contributed by atoms with Gasteiger partial charge in [-0.05, 0) is 6.42 Å². The lowest BCUT2D eigenvalue weighted by Gasteiger charge is -2.13. The number of nitrogens with zero attached hydrogens (tertiary/aromatic N) is 1.